The van der Waals surface area contributed by atoms with E-state index in [9.17, 15) is 4.79 Å². The number of hydrogen-bond acceptors (Lipinski definition) is 2. The monoisotopic (exact) mass is 285 g/mol. The van der Waals surface area contributed by atoms with Gasteiger partial charge in [-0.15, -0.1) is 22.9 Å². The van der Waals surface area contributed by atoms with Crippen LogP contribution in [0.15, 0.2) is 6.07 Å². The molecule has 0 aromatic carbocycles. The highest BCUT2D eigenvalue weighted by Gasteiger charge is 2.16. The quantitative estimate of drug-likeness (QED) is 0.648. The van der Waals surface area contributed by atoms with Gasteiger partial charge >= 0.3 is 0 Å². The van der Waals surface area contributed by atoms with E-state index in [4.69, 9.17) is 11.6 Å². The van der Waals surface area contributed by atoms with Gasteiger partial charge in [0.05, 0.1) is 4.88 Å². The predicted octanol–water partition coefficient (Wildman–Crippen LogP) is 3.76. The van der Waals surface area contributed by atoms with Crippen molar-refractivity contribution in [3.8, 4) is 0 Å². The molecule has 18 heavy (non-hydrogen) atoms. The zero-order valence-electron chi connectivity index (χ0n) is 10.8. The molecular weight excluding hydrogens is 266 g/mol. The fourth-order valence-corrected chi connectivity index (χ4v) is 3.60. The zero-order valence-corrected chi connectivity index (χ0v) is 12.4. The molecule has 0 bridgehead atoms. The second kappa shape index (κ2) is 6.58. The van der Waals surface area contributed by atoms with Crippen LogP contribution < -0.4 is 5.32 Å². The lowest BCUT2D eigenvalue weighted by atomic mass is 9.99. The summed E-state index contributed by atoms with van der Waals surface area (Å²) in [5, 5.41) is 3.17. The third-order valence-electron chi connectivity index (χ3n) is 3.28. The lowest BCUT2D eigenvalue weighted by molar-refractivity contribution is 0.0957. The molecule has 0 fully saturated rings. The molecule has 1 heterocycles. The minimum absolute atomic E-state index is 0.0802. The van der Waals surface area contributed by atoms with Gasteiger partial charge in [-0.2, -0.15) is 0 Å². The zero-order chi connectivity index (χ0) is 13.0. The van der Waals surface area contributed by atoms with Gasteiger partial charge in [0.25, 0.3) is 5.91 Å². The van der Waals surface area contributed by atoms with E-state index >= 15 is 0 Å². The van der Waals surface area contributed by atoms with E-state index in [1.807, 2.05) is 6.92 Å². The van der Waals surface area contributed by atoms with E-state index in [0.717, 1.165) is 37.1 Å². The lowest BCUT2D eigenvalue weighted by Gasteiger charge is -2.08. The first kappa shape index (κ1) is 13.9. The molecule has 1 unspecified atom stereocenters. The van der Waals surface area contributed by atoms with Gasteiger partial charge in [-0.3, -0.25) is 4.79 Å². The van der Waals surface area contributed by atoms with Gasteiger partial charge in [-0.05, 0) is 57.1 Å². The van der Waals surface area contributed by atoms with Crippen LogP contribution in [0.4, 0.5) is 0 Å². The Morgan fingerprint density at radius 2 is 2.28 bits per heavy atom. The fraction of sp³-hybridized carbons (Fsp3) is 0.643. The summed E-state index contributed by atoms with van der Waals surface area (Å²) in [6, 6.07) is 2.08. The highest BCUT2D eigenvalue weighted by Crippen LogP contribution is 2.29. The maximum absolute atomic E-state index is 12.0. The van der Waals surface area contributed by atoms with Gasteiger partial charge in [0.15, 0.2) is 0 Å². The van der Waals surface area contributed by atoms with E-state index in [1.165, 1.54) is 23.3 Å². The Morgan fingerprint density at radius 3 is 3.00 bits per heavy atom. The van der Waals surface area contributed by atoms with Crippen LogP contribution in [0, 0.1) is 0 Å². The van der Waals surface area contributed by atoms with E-state index in [-0.39, 0.29) is 11.3 Å². The number of carbonyl (C=O) groups excluding carboxylic acids is 1. The Bertz CT molecular complexity index is 390. The SMILES string of the molecule is CC(Cl)CCCNC(=O)c1cc2c(s1)CCCC2. The molecule has 100 valence electrons. The molecule has 4 heteroatoms. The van der Waals surface area contributed by atoms with Crippen molar-refractivity contribution in [1.82, 2.24) is 5.32 Å². The van der Waals surface area contributed by atoms with Crippen LogP contribution in [0.5, 0.6) is 0 Å². The lowest BCUT2D eigenvalue weighted by Crippen LogP contribution is -2.23. The molecule has 1 aliphatic rings. The van der Waals surface area contributed by atoms with Gasteiger partial charge < -0.3 is 5.32 Å². The number of carbonyl (C=O) groups is 1. The molecule has 1 aromatic rings. The molecule has 0 saturated heterocycles. The number of fused-ring (bicyclic) bond motifs is 1. The smallest absolute Gasteiger partial charge is 0.261 e. The summed E-state index contributed by atoms with van der Waals surface area (Å²) in [6.45, 7) is 2.70. The standard InChI is InChI=1S/C14H20ClNOS/c1-10(15)5-4-8-16-14(17)13-9-11-6-2-3-7-12(11)18-13/h9-10H,2-8H2,1H3,(H,16,17). The highest BCUT2D eigenvalue weighted by molar-refractivity contribution is 7.14. The Labute approximate surface area is 118 Å². The molecule has 0 aliphatic heterocycles. The summed E-state index contributed by atoms with van der Waals surface area (Å²) in [7, 11) is 0. The van der Waals surface area contributed by atoms with Crippen LogP contribution >= 0.6 is 22.9 Å². The molecule has 1 amide bonds. The Hall–Kier alpha value is -0.540. The van der Waals surface area contributed by atoms with Crippen molar-refractivity contribution in [3.05, 3.63) is 21.4 Å². The van der Waals surface area contributed by atoms with Crippen molar-refractivity contribution in [2.24, 2.45) is 0 Å². The van der Waals surface area contributed by atoms with Gasteiger partial charge in [-0.25, -0.2) is 0 Å². The van der Waals surface area contributed by atoms with Crippen LogP contribution in [0.25, 0.3) is 0 Å². The van der Waals surface area contributed by atoms with E-state index in [0.29, 0.717) is 0 Å². The second-order valence-corrected chi connectivity index (χ2v) is 6.83. The number of hydrogen-bond donors (Lipinski definition) is 1. The number of amides is 1. The Balaban J connectivity index is 1.83. The van der Waals surface area contributed by atoms with Crippen molar-refractivity contribution in [2.75, 3.05) is 6.54 Å². The number of thiophene rings is 1. The summed E-state index contributed by atoms with van der Waals surface area (Å²) in [5.74, 6) is 0.0802. The average Bonchev–Trinajstić information content (AvgIpc) is 2.78. The largest absolute Gasteiger partial charge is 0.351 e. The molecule has 2 nitrogen and oxygen atoms in total. The van der Waals surface area contributed by atoms with Crippen LogP contribution in [-0.2, 0) is 12.8 Å². The van der Waals surface area contributed by atoms with Crippen molar-refractivity contribution >= 4 is 28.8 Å². The Kier molecular flexibility index (Phi) is 5.07. The van der Waals surface area contributed by atoms with Gasteiger partial charge in [0, 0.05) is 16.8 Å². The summed E-state index contributed by atoms with van der Waals surface area (Å²) < 4.78 is 0. The van der Waals surface area contributed by atoms with Crippen LogP contribution in [0.1, 0.15) is 52.7 Å². The first-order valence-corrected chi connectivity index (χ1v) is 7.96. The van der Waals surface area contributed by atoms with Gasteiger partial charge in [-0.1, -0.05) is 0 Å². The maximum atomic E-state index is 12.0. The summed E-state index contributed by atoms with van der Waals surface area (Å²) in [6.07, 6.45) is 6.71. The molecule has 1 N–H and O–H groups in total. The molecule has 0 spiro atoms. The number of nitrogens with one attached hydrogen (secondary N) is 1. The first-order chi connectivity index (χ1) is 8.66. The van der Waals surface area contributed by atoms with Gasteiger partial charge in [0.2, 0.25) is 0 Å². The highest BCUT2D eigenvalue weighted by atomic mass is 35.5. The molecule has 1 aliphatic carbocycles. The first-order valence-electron chi connectivity index (χ1n) is 6.70. The van der Waals surface area contributed by atoms with Gasteiger partial charge in [0.1, 0.15) is 0 Å². The predicted molar refractivity (Wildman–Crippen MR) is 77.8 cm³/mol. The summed E-state index contributed by atoms with van der Waals surface area (Å²) in [5.41, 5.74) is 1.39. The number of alkyl halides is 1. The number of rotatable bonds is 5. The average molecular weight is 286 g/mol. The topological polar surface area (TPSA) is 29.1 Å². The van der Waals surface area contributed by atoms with Crippen molar-refractivity contribution in [3.63, 3.8) is 0 Å². The molecule has 2 rings (SSSR count). The molecule has 1 atom stereocenters. The van der Waals surface area contributed by atoms with Crippen molar-refractivity contribution in [2.45, 2.75) is 50.8 Å². The van der Waals surface area contributed by atoms with Crippen molar-refractivity contribution < 1.29 is 4.79 Å². The number of aryl methyl sites for hydroxylation is 2. The van der Waals surface area contributed by atoms with E-state index in [2.05, 4.69) is 11.4 Å². The molecule has 0 saturated carbocycles. The van der Waals surface area contributed by atoms with Crippen LogP contribution in [-0.4, -0.2) is 17.8 Å². The maximum Gasteiger partial charge on any atom is 0.261 e. The second-order valence-electron chi connectivity index (χ2n) is 4.95. The van der Waals surface area contributed by atoms with E-state index < -0.39 is 0 Å². The third kappa shape index (κ3) is 3.72. The Morgan fingerprint density at radius 1 is 1.50 bits per heavy atom. The summed E-state index contributed by atoms with van der Waals surface area (Å²) >= 11 is 7.54. The molecule has 1 aromatic heterocycles. The number of halogens is 1. The summed E-state index contributed by atoms with van der Waals surface area (Å²) in [4.78, 5) is 14.3. The van der Waals surface area contributed by atoms with Crippen LogP contribution in [0.2, 0.25) is 0 Å². The minimum Gasteiger partial charge on any atom is -0.351 e. The fourth-order valence-electron chi connectivity index (χ4n) is 2.27. The minimum atomic E-state index is 0.0802. The molecular formula is C14H20ClNOS. The van der Waals surface area contributed by atoms with Crippen LogP contribution in [0.3, 0.4) is 0 Å². The molecule has 0 radical (unpaired) electrons. The normalized spacial score (nSPS) is 16.1. The third-order valence-corrected chi connectivity index (χ3v) is 4.74. The van der Waals surface area contributed by atoms with E-state index in [1.54, 1.807) is 11.3 Å². The van der Waals surface area contributed by atoms with Crippen molar-refractivity contribution in [1.29, 1.82) is 0 Å².